The summed E-state index contributed by atoms with van der Waals surface area (Å²) in [5.41, 5.74) is 1.47. The van der Waals surface area contributed by atoms with E-state index >= 15 is 0 Å². The minimum absolute atomic E-state index is 0.298. The fourth-order valence-electron chi connectivity index (χ4n) is 4.11. The molecule has 0 N–H and O–H groups in total. The van der Waals surface area contributed by atoms with Gasteiger partial charge in [0.2, 0.25) is 6.79 Å². The van der Waals surface area contributed by atoms with E-state index in [1.54, 1.807) is 11.3 Å². The topological polar surface area (TPSA) is 30.9 Å². The van der Waals surface area contributed by atoms with Gasteiger partial charge in [0.05, 0.1) is 6.61 Å². The maximum Gasteiger partial charge on any atom is 0.231 e. The Morgan fingerprint density at radius 3 is 2.96 bits per heavy atom. The van der Waals surface area contributed by atoms with Gasteiger partial charge in [0.1, 0.15) is 5.75 Å². The Bertz CT molecular complexity index is 733. The van der Waals surface area contributed by atoms with Crippen LogP contribution in [0, 0.1) is 11.8 Å². The van der Waals surface area contributed by atoms with Crippen LogP contribution in [0.25, 0.3) is 0 Å². The zero-order valence-electron chi connectivity index (χ0n) is 16.2. The zero-order chi connectivity index (χ0) is 18.6. The molecule has 3 atom stereocenters. The van der Waals surface area contributed by atoms with E-state index in [2.05, 4.69) is 35.6 Å². The number of thiophene rings is 1. The first-order valence-corrected chi connectivity index (χ1v) is 10.9. The van der Waals surface area contributed by atoms with Crippen molar-refractivity contribution in [3.05, 3.63) is 40.6 Å². The lowest BCUT2D eigenvalue weighted by Gasteiger charge is -2.39. The van der Waals surface area contributed by atoms with E-state index in [4.69, 9.17) is 14.2 Å². The van der Waals surface area contributed by atoms with Gasteiger partial charge in [-0.15, -0.1) is 0 Å². The number of fused-ring (bicyclic) bond motifs is 1. The van der Waals surface area contributed by atoms with Crippen LogP contribution in [0.2, 0.25) is 0 Å². The maximum atomic E-state index is 6.22. The van der Waals surface area contributed by atoms with Crippen molar-refractivity contribution in [2.75, 3.05) is 33.0 Å². The van der Waals surface area contributed by atoms with Crippen LogP contribution in [0.4, 0.5) is 0 Å². The highest BCUT2D eigenvalue weighted by molar-refractivity contribution is 7.07. The van der Waals surface area contributed by atoms with E-state index in [0.29, 0.717) is 18.6 Å². The summed E-state index contributed by atoms with van der Waals surface area (Å²) in [7, 11) is 0. The van der Waals surface area contributed by atoms with Gasteiger partial charge in [0.25, 0.3) is 0 Å². The minimum atomic E-state index is 0.298. The standard InChI is InChI=1S/C22H29NO3S/c1-3-16(2)11-23-8-6-20(17-7-9-27-14-17)18(12-23)13-24-19-4-5-21-22(10-19)26-15-25-21/h4-5,7,9-10,14,16,18,20H,3,6,8,11-13,15H2,1-2H3/t16?,18-,20-/m0/s1. The molecular weight excluding hydrogens is 358 g/mol. The van der Waals surface area contributed by atoms with Gasteiger partial charge in [-0.3, -0.25) is 0 Å². The lowest BCUT2D eigenvalue weighted by atomic mass is 9.81. The Labute approximate surface area is 166 Å². The first-order valence-electron chi connectivity index (χ1n) is 9.99. The number of benzene rings is 1. The number of nitrogens with zero attached hydrogens (tertiary/aromatic N) is 1. The van der Waals surface area contributed by atoms with E-state index < -0.39 is 0 Å². The third kappa shape index (κ3) is 4.41. The van der Waals surface area contributed by atoms with E-state index in [9.17, 15) is 0 Å². The summed E-state index contributed by atoms with van der Waals surface area (Å²) in [5.74, 6) is 4.28. The second-order valence-electron chi connectivity index (χ2n) is 7.81. The molecule has 0 saturated carbocycles. The van der Waals surface area contributed by atoms with Gasteiger partial charge in [-0.25, -0.2) is 0 Å². The monoisotopic (exact) mass is 387 g/mol. The molecule has 2 aromatic rings. The van der Waals surface area contributed by atoms with E-state index in [1.807, 2.05) is 18.2 Å². The van der Waals surface area contributed by atoms with Gasteiger partial charge in [-0.05, 0) is 59.3 Å². The number of likely N-dealkylation sites (tertiary alicyclic amines) is 1. The fourth-order valence-corrected chi connectivity index (χ4v) is 4.83. The number of rotatable bonds is 7. The molecule has 1 aromatic carbocycles. The SMILES string of the molecule is CCC(C)CN1CC[C@@H](c2ccsc2)[C@H](COc2ccc3c(c2)OCO3)C1. The molecule has 0 bridgehead atoms. The normalized spacial score (nSPS) is 23.3. The molecule has 5 heteroatoms. The second-order valence-corrected chi connectivity index (χ2v) is 8.59. The molecule has 0 amide bonds. The van der Waals surface area contributed by atoms with Gasteiger partial charge < -0.3 is 19.1 Å². The molecule has 1 unspecified atom stereocenters. The van der Waals surface area contributed by atoms with Crippen molar-refractivity contribution in [1.29, 1.82) is 0 Å². The van der Waals surface area contributed by atoms with Gasteiger partial charge >= 0.3 is 0 Å². The Balaban J connectivity index is 1.43. The summed E-state index contributed by atoms with van der Waals surface area (Å²) < 4.78 is 17.1. The van der Waals surface area contributed by atoms with Gasteiger partial charge in [-0.1, -0.05) is 20.3 Å². The second kappa shape index (κ2) is 8.53. The predicted molar refractivity (Wildman–Crippen MR) is 109 cm³/mol. The highest BCUT2D eigenvalue weighted by Crippen LogP contribution is 2.37. The molecule has 4 rings (SSSR count). The third-order valence-corrected chi connectivity index (χ3v) is 6.57. The Hall–Kier alpha value is -1.72. The Morgan fingerprint density at radius 2 is 2.15 bits per heavy atom. The molecule has 27 heavy (non-hydrogen) atoms. The molecule has 4 nitrogen and oxygen atoms in total. The summed E-state index contributed by atoms with van der Waals surface area (Å²) in [4.78, 5) is 2.63. The van der Waals surface area contributed by atoms with Crippen LogP contribution < -0.4 is 14.2 Å². The van der Waals surface area contributed by atoms with Crippen LogP contribution in [-0.4, -0.2) is 37.9 Å². The van der Waals surface area contributed by atoms with Crippen molar-refractivity contribution in [3.63, 3.8) is 0 Å². The van der Waals surface area contributed by atoms with Crippen molar-refractivity contribution in [2.24, 2.45) is 11.8 Å². The molecule has 0 spiro atoms. The average molecular weight is 388 g/mol. The molecule has 1 aromatic heterocycles. The maximum absolute atomic E-state index is 6.22. The van der Waals surface area contributed by atoms with E-state index in [-0.39, 0.29) is 0 Å². The van der Waals surface area contributed by atoms with E-state index in [1.165, 1.54) is 31.5 Å². The number of piperidine rings is 1. The lowest BCUT2D eigenvalue weighted by molar-refractivity contribution is 0.0999. The zero-order valence-corrected chi connectivity index (χ0v) is 17.0. The largest absolute Gasteiger partial charge is 0.493 e. The minimum Gasteiger partial charge on any atom is -0.493 e. The first-order chi connectivity index (χ1) is 13.2. The summed E-state index contributed by atoms with van der Waals surface area (Å²) in [6, 6.07) is 8.14. The van der Waals surface area contributed by atoms with Gasteiger partial charge in [-0.2, -0.15) is 11.3 Å². The molecule has 1 fully saturated rings. The van der Waals surface area contributed by atoms with Crippen molar-refractivity contribution < 1.29 is 14.2 Å². The molecular formula is C22H29NO3S. The first kappa shape index (κ1) is 18.6. The lowest BCUT2D eigenvalue weighted by Crippen LogP contribution is -2.43. The van der Waals surface area contributed by atoms with Crippen molar-refractivity contribution in [2.45, 2.75) is 32.6 Å². The third-order valence-electron chi connectivity index (χ3n) is 5.86. The quantitative estimate of drug-likeness (QED) is 0.668. The van der Waals surface area contributed by atoms with Crippen molar-refractivity contribution >= 4 is 11.3 Å². The smallest absolute Gasteiger partial charge is 0.231 e. The molecule has 2 aliphatic rings. The highest BCUT2D eigenvalue weighted by Gasteiger charge is 2.31. The van der Waals surface area contributed by atoms with Crippen molar-refractivity contribution in [3.8, 4) is 17.2 Å². The van der Waals surface area contributed by atoms with Crippen LogP contribution in [0.15, 0.2) is 35.0 Å². The summed E-state index contributed by atoms with van der Waals surface area (Å²) in [6.07, 6.45) is 2.45. The Kier molecular flexibility index (Phi) is 5.89. The molecule has 1 saturated heterocycles. The van der Waals surface area contributed by atoms with Crippen LogP contribution in [-0.2, 0) is 0 Å². The van der Waals surface area contributed by atoms with Crippen LogP contribution >= 0.6 is 11.3 Å². The van der Waals surface area contributed by atoms with Crippen LogP contribution in [0.5, 0.6) is 17.2 Å². The number of hydrogen-bond acceptors (Lipinski definition) is 5. The number of hydrogen-bond donors (Lipinski definition) is 0. The molecule has 146 valence electrons. The molecule has 3 heterocycles. The molecule has 2 aliphatic heterocycles. The fraction of sp³-hybridized carbons (Fsp3) is 0.545. The highest BCUT2D eigenvalue weighted by atomic mass is 32.1. The van der Waals surface area contributed by atoms with Crippen LogP contribution in [0.3, 0.4) is 0 Å². The molecule has 0 aliphatic carbocycles. The summed E-state index contributed by atoms with van der Waals surface area (Å²) >= 11 is 1.79. The van der Waals surface area contributed by atoms with Gasteiger partial charge in [0.15, 0.2) is 11.5 Å². The predicted octanol–water partition coefficient (Wildman–Crippen LogP) is 5.01. The summed E-state index contributed by atoms with van der Waals surface area (Å²) in [5, 5.41) is 4.50. The van der Waals surface area contributed by atoms with Crippen LogP contribution in [0.1, 0.15) is 38.2 Å². The molecule has 0 radical (unpaired) electrons. The van der Waals surface area contributed by atoms with E-state index in [0.717, 1.165) is 36.3 Å². The number of ether oxygens (including phenoxy) is 3. The van der Waals surface area contributed by atoms with Gasteiger partial charge in [0, 0.05) is 25.1 Å². The van der Waals surface area contributed by atoms with Crippen molar-refractivity contribution in [1.82, 2.24) is 4.90 Å². The summed E-state index contributed by atoms with van der Waals surface area (Å²) in [6.45, 7) is 9.14. The Morgan fingerprint density at radius 1 is 1.26 bits per heavy atom. The average Bonchev–Trinajstić information content (AvgIpc) is 3.37.